The Hall–Kier alpha value is -3.06. The molecule has 0 amide bonds. The van der Waals surface area contributed by atoms with Crippen LogP contribution < -0.4 is 4.74 Å². The maximum atomic E-state index is 13.4. The first kappa shape index (κ1) is 24.6. The van der Waals surface area contributed by atoms with E-state index in [9.17, 15) is 31.1 Å². The van der Waals surface area contributed by atoms with Crippen molar-refractivity contribution in [2.45, 2.75) is 12.4 Å². The Morgan fingerprint density at radius 1 is 0.750 bits per heavy atom. The molecule has 0 bridgehead atoms. The van der Waals surface area contributed by atoms with Gasteiger partial charge in [-0.2, -0.15) is 26.3 Å². The molecule has 36 heavy (non-hydrogen) atoms. The van der Waals surface area contributed by atoms with Crippen LogP contribution >= 0.6 is 33.1 Å². The minimum absolute atomic E-state index is 0.0185. The number of esters is 1. The van der Waals surface area contributed by atoms with Crippen molar-refractivity contribution >= 4 is 59.2 Å². The molecule has 0 aliphatic carbocycles. The summed E-state index contributed by atoms with van der Waals surface area (Å²) in [5.41, 5.74) is -1.88. The van der Waals surface area contributed by atoms with Crippen molar-refractivity contribution in [3.05, 3.63) is 93.5 Å². The number of furan rings is 1. The van der Waals surface area contributed by atoms with E-state index in [0.717, 1.165) is 24.3 Å². The lowest BCUT2D eigenvalue weighted by molar-refractivity contribution is -0.138. The minimum atomic E-state index is -4.64. The van der Waals surface area contributed by atoms with E-state index in [1.54, 1.807) is 18.2 Å². The van der Waals surface area contributed by atoms with Gasteiger partial charge < -0.3 is 9.15 Å². The molecule has 0 saturated heterocycles. The summed E-state index contributed by atoms with van der Waals surface area (Å²) >= 11 is 1.91. The van der Waals surface area contributed by atoms with Crippen LogP contribution in [0.15, 0.2) is 77.2 Å². The van der Waals surface area contributed by atoms with Crippen LogP contribution in [0.5, 0.6) is 5.75 Å². The third-order valence-electron chi connectivity index (χ3n) is 5.39. The van der Waals surface area contributed by atoms with Crippen molar-refractivity contribution in [3.63, 3.8) is 0 Å². The second-order valence-electron chi connectivity index (χ2n) is 7.69. The smallest absolute Gasteiger partial charge is 0.416 e. The van der Waals surface area contributed by atoms with E-state index in [4.69, 9.17) is 9.15 Å². The van der Waals surface area contributed by atoms with E-state index in [0.29, 0.717) is 18.1 Å². The van der Waals surface area contributed by atoms with Gasteiger partial charge in [0.25, 0.3) is 0 Å². The Morgan fingerprint density at radius 2 is 1.28 bits per heavy atom. The summed E-state index contributed by atoms with van der Waals surface area (Å²) in [6.07, 6.45) is -9.29. The summed E-state index contributed by atoms with van der Waals surface area (Å²) in [5.74, 6) is -0.479. The standard InChI is InChI=1S/C25H12F6IO3S/c26-24(27,28)13-1-8-20-17(11-13)18-12-14(25(29,30)31)2-9-21(18)36(20)16-5-3-15(4-6-16)34-23(33)19-7-10-22(32)35-19/h1-12H/q+1. The van der Waals surface area contributed by atoms with Gasteiger partial charge in [0.15, 0.2) is 18.1 Å². The highest BCUT2D eigenvalue weighted by Gasteiger charge is 2.35. The number of hydrogen-bond donors (Lipinski definition) is 0. The van der Waals surface area contributed by atoms with Crippen LogP contribution in [-0.4, -0.2) is 5.97 Å². The van der Waals surface area contributed by atoms with Crippen LogP contribution in [0.1, 0.15) is 21.7 Å². The second kappa shape index (κ2) is 8.80. The number of benzene rings is 3. The number of carbonyl (C=O) groups excluding carboxylic acids is 1. The maximum absolute atomic E-state index is 13.4. The zero-order valence-electron chi connectivity index (χ0n) is 17.7. The molecule has 184 valence electrons. The van der Waals surface area contributed by atoms with Crippen molar-refractivity contribution in [3.8, 4) is 10.6 Å². The molecule has 0 atom stereocenters. The minimum Gasteiger partial charge on any atom is -0.443 e. The Balaban J connectivity index is 1.62. The molecular formula is C25H12F6IO3S+. The number of hydrogen-bond acceptors (Lipinski definition) is 3. The van der Waals surface area contributed by atoms with Gasteiger partial charge in [0.2, 0.25) is 5.76 Å². The Kier molecular flexibility index (Phi) is 6.02. The van der Waals surface area contributed by atoms with Crippen molar-refractivity contribution in [1.82, 2.24) is 0 Å². The molecule has 0 radical (unpaired) electrons. The van der Waals surface area contributed by atoms with E-state index < -0.39 is 39.9 Å². The topological polar surface area (TPSA) is 39.4 Å². The average Bonchev–Trinajstić information content (AvgIpc) is 3.39. The zero-order chi connectivity index (χ0) is 25.8. The average molecular weight is 633 g/mol. The van der Waals surface area contributed by atoms with Gasteiger partial charge in [-0.3, -0.25) is 0 Å². The Labute approximate surface area is 215 Å². The number of halogens is 7. The van der Waals surface area contributed by atoms with Gasteiger partial charge in [-0.05, 0) is 83.3 Å². The summed E-state index contributed by atoms with van der Waals surface area (Å²) in [6.45, 7) is 0. The van der Waals surface area contributed by atoms with Crippen LogP contribution in [0, 0.1) is 3.77 Å². The first-order valence-electron chi connectivity index (χ1n) is 10.2. The highest BCUT2D eigenvalue weighted by atomic mass is 127. The normalized spacial score (nSPS) is 12.4. The van der Waals surface area contributed by atoms with Gasteiger partial charge >= 0.3 is 18.3 Å². The molecule has 3 nitrogen and oxygen atoms in total. The van der Waals surface area contributed by atoms with Gasteiger partial charge in [0.1, 0.15) is 5.75 Å². The quantitative estimate of drug-likeness (QED) is 0.0654. The molecular weight excluding hydrogens is 621 g/mol. The summed E-state index contributed by atoms with van der Waals surface area (Å²) in [5, 5.41) is 0.217. The Morgan fingerprint density at radius 3 is 1.72 bits per heavy atom. The third kappa shape index (κ3) is 4.57. The SMILES string of the molecule is O=C(Oc1ccc(-[s+]2c3ccc(C(F)(F)F)cc3c3cc(C(F)(F)F)ccc32)cc1)c1ccc(I)o1. The van der Waals surface area contributed by atoms with Crippen molar-refractivity contribution in [2.24, 2.45) is 0 Å². The fraction of sp³-hybridized carbons (Fsp3) is 0.0800. The maximum Gasteiger partial charge on any atom is 0.416 e. The molecule has 2 aromatic heterocycles. The Bertz CT molecular complexity index is 1540. The predicted molar refractivity (Wildman–Crippen MR) is 132 cm³/mol. The predicted octanol–water partition coefficient (Wildman–Crippen LogP) is 9.19. The summed E-state index contributed by atoms with van der Waals surface area (Å²) < 4.78 is 92.2. The lowest BCUT2D eigenvalue weighted by Gasteiger charge is -2.06. The van der Waals surface area contributed by atoms with E-state index in [-0.39, 0.29) is 22.3 Å². The van der Waals surface area contributed by atoms with Crippen LogP contribution in [0.2, 0.25) is 0 Å². The summed E-state index contributed by atoms with van der Waals surface area (Å²) in [4.78, 5) is 12.9. The summed E-state index contributed by atoms with van der Waals surface area (Å²) in [6, 6.07) is 15.6. The lowest BCUT2D eigenvalue weighted by Crippen LogP contribution is -2.06. The van der Waals surface area contributed by atoms with E-state index >= 15 is 0 Å². The van der Waals surface area contributed by atoms with Crippen LogP contribution in [0.25, 0.3) is 25.1 Å². The number of ether oxygens (including phenoxy) is 1. The largest absolute Gasteiger partial charge is 0.443 e. The van der Waals surface area contributed by atoms with Crippen molar-refractivity contribution in [1.29, 1.82) is 0 Å². The van der Waals surface area contributed by atoms with E-state index in [1.165, 1.54) is 30.3 Å². The molecule has 0 unspecified atom stereocenters. The zero-order valence-corrected chi connectivity index (χ0v) is 20.7. The molecule has 5 rings (SSSR count). The number of alkyl halides is 6. The van der Waals surface area contributed by atoms with Crippen LogP contribution in [0.3, 0.4) is 0 Å². The third-order valence-corrected chi connectivity index (χ3v) is 8.30. The van der Waals surface area contributed by atoms with Crippen LogP contribution in [-0.2, 0) is 12.4 Å². The molecule has 0 fully saturated rings. The first-order chi connectivity index (χ1) is 16.9. The molecule has 2 heterocycles. The van der Waals surface area contributed by atoms with Crippen molar-refractivity contribution in [2.75, 3.05) is 0 Å². The van der Waals surface area contributed by atoms with Gasteiger partial charge in [-0.1, -0.05) is 0 Å². The molecule has 3 aromatic carbocycles. The van der Waals surface area contributed by atoms with Crippen molar-refractivity contribution < 1.29 is 40.3 Å². The fourth-order valence-corrected chi connectivity index (χ4v) is 6.54. The van der Waals surface area contributed by atoms with Gasteiger partial charge in [-0.15, -0.1) is 0 Å². The summed E-state index contributed by atoms with van der Waals surface area (Å²) in [7, 11) is -0.959. The number of fused-ring (bicyclic) bond motifs is 3. The molecule has 0 spiro atoms. The van der Waals surface area contributed by atoms with Crippen LogP contribution in [0.4, 0.5) is 26.3 Å². The lowest BCUT2D eigenvalue weighted by atomic mass is 10.1. The molecule has 5 aromatic rings. The van der Waals surface area contributed by atoms with Gasteiger partial charge in [0, 0.05) is 33.4 Å². The van der Waals surface area contributed by atoms with Gasteiger partial charge in [-0.25, -0.2) is 4.79 Å². The molecule has 0 saturated carbocycles. The second-order valence-corrected chi connectivity index (χ2v) is 10.7. The molecule has 0 N–H and O–H groups in total. The number of thiophene rings is 1. The van der Waals surface area contributed by atoms with E-state index in [2.05, 4.69) is 0 Å². The van der Waals surface area contributed by atoms with Gasteiger partial charge in [0.05, 0.1) is 11.1 Å². The molecule has 0 aliphatic heterocycles. The number of carbonyl (C=O) groups is 1. The van der Waals surface area contributed by atoms with E-state index in [1.807, 2.05) is 22.6 Å². The number of rotatable bonds is 3. The molecule has 11 heteroatoms. The fourth-order valence-electron chi connectivity index (χ4n) is 3.79. The highest BCUT2D eigenvalue weighted by Crippen LogP contribution is 2.50. The molecule has 0 aliphatic rings. The highest BCUT2D eigenvalue weighted by molar-refractivity contribution is 14.1. The monoisotopic (exact) mass is 633 g/mol. The first-order valence-corrected chi connectivity index (χ1v) is 12.5.